The first-order valence-corrected chi connectivity index (χ1v) is 14.5. The maximum Gasteiger partial charge on any atom is 0.243 e. The predicted octanol–water partition coefficient (Wildman–Crippen LogP) is 7.16. The van der Waals surface area contributed by atoms with Crippen molar-refractivity contribution in [1.29, 1.82) is 0 Å². The van der Waals surface area contributed by atoms with Crippen LogP contribution in [0.1, 0.15) is 11.1 Å². The van der Waals surface area contributed by atoms with E-state index in [4.69, 9.17) is 27.9 Å². The van der Waals surface area contributed by atoms with Crippen molar-refractivity contribution in [1.82, 2.24) is 4.31 Å². The Balaban J connectivity index is 1.48. The molecular formula is C28H23BrCl2N2O4S. The summed E-state index contributed by atoms with van der Waals surface area (Å²) in [5, 5.41) is 3.48. The lowest BCUT2D eigenvalue weighted by atomic mass is 10.2. The van der Waals surface area contributed by atoms with Gasteiger partial charge >= 0.3 is 0 Å². The van der Waals surface area contributed by atoms with Crippen LogP contribution in [0.2, 0.25) is 10.0 Å². The molecule has 1 amide bonds. The number of rotatable bonds is 10. The summed E-state index contributed by atoms with van der Waals surface area (Å²) >= 11 is 15.6. The molecule has 0 aliphatic heterocycles. The van der Waals surface area contributed by atoms with Gasteiger partial charge in [0.25, 0.3) is 0 Å². The second-order valence-electron chi connectivity index (χ2n) is 8.31. The Hall–Kier alpha value is -2.88. The predicted molar refractivity (Wildman–Crippen MR) is 154 cm³/mol. The third-order valence-corrected chi connectivity index (χ3v) is 8.44. The lowest BCUT2D eigenvalue weighted by Gasteiger charge is -2.22. The van der Waals surface area contributed by atoms with Gasteiger partial charge in [-0.15, -0.1) is 0 Å². The average Bonchev–Trinajstić information content (AvgIpc) is 2.90. The van der Waals surface area contributed by atoms with E-state index in [1.807, 2.05) is 30.3 Å². The van der Waals surface area contributed by atoms with Gasteiger partial charge in [0, 0.05) is 26.8 Å². The standard InChI is InChI=1S/C28H23BrCl2N2O4S/c29-22-7-14-26(15-8-22)38(35,36)33(17-21-6-9-23(30)16-27(21)31)18-28(34)32-24-10-12-25(13-11-24)37-19-20-4-2-1-3-5-20/h1-16H,17-19H2,(H,32,34). The molecule has 10 heteroatoms. The van der Waals surface area contributed by atoms with Crippen molar-refractivity contribution in [2.24, 2.45) is 0 Å². The average molecular weight is 634 g/mol. The Morgan fingerprint density at radius 3 is 2.24 bits per heavy atom. The summed E-state index contributed by atoms with van der Waals surface area (Å²) in [5.41, 5.74) is 2.06. The molecule has 0 atom stereocenters. The number of carbonyl (C=O) groups is 1. The van der Waals surface area contributed by atoms with Crippen LogP contribution in [-0.4, -0.2) is 25.2 Å². The largest absolute Gasteiger partial charge is 0.489 e. The summed E-state index contributed by atoms with van der Waals surface area (Å²) in [5.74, 6) is 0.136. The molecule has 38 heavy (non-hydrogen) atoms. The van der Waals surface area contributed by atoms with Crippen molar-refractivity contribution < 1.29 is 17.9 Å². The monoisotopic (exact) mass is 632 g/mol. The van der Waals surface area contributed by atoms with E-state index in [9.17, 15) is 13.2 Å². The number of sulfonamides is 1. The number of benzene rings is 4. The van der Waals surface area contributed by atoms with E-state index in [1.165, 1.54) is 18.2 Å². The maximum absolute atomic E-state index is 13.5. The molecule has 0 aliphatic rings. The molecule has 0 aliphatic carbocycles. The topological polar surface area (TPSA) is 75.7 Å². The van der Waals surface area contributed by atoms with Gasteiger partial charge in [-0.3, -0.25) is 4.79 Å². The van der Waals surface area contributed by atoms with Gasteiger partial charge in [-0.05, 0) is 71.8 Å². The Morgan fingerprint density at radius 2 is 1.58 bits per heavy atom. The zero-order valence-electron chi connectivity index (χ0n) is 20.0. The summed E-state index contributed by atoms with van der Waals surface area (Å²) < 4.78 is 34.6. The fourth-order valence-electron chi connectivity index (χ4n) is 3.56. The van der Waals surface area contributed by atoms with E-state index in [2.05, 4.69) is 21.2 Å². The zero-order valence-corrected chi connectivity index (χ0v) is 23.9. The van der Waals surface area contributed by atoms with E-state index in [1.54, 1.807) is 48.5 Å². The number of nitrogens with zero attached hydrogens (tertiary/aromatic N) is 1. The molecule has 6 nitrogen and oxygen atoms in total. The molecule has 196 valence electrons. The number of ether oxygens (including phenoxy) is 1. The fourth-order valence-corrected chi connectivity index (χ4v) is 5.66. The van der Waals surface area contributed by atoms with E-state index >= 15 is 0 Å². The highest BCUT2D eigenvalue weighted by Crippen LogP contribution is 2.26. The second kappa shape index (κ2) is 12.8. The molecule has 0 bridgehead atoms. The Morgan fingerprint density at radius 1 is 0.895 bits per heavy atom. The zero-order chi connectivity index (χ0) is 27.1. The van der Waals surface area contributed by atoms with Gasteiger partial charge in [0.05, 0.1) is 11.4 Å². The van der Waals surface area contributed by atoms with Crippen LogP contribution in [0.3, 0.4) is 0 Å². The minimum atomic E-state index is -4.03. The molecule has 4 rings (SSSR count). The molecule has 0 heterocycles. The van der Waals surface area contributed by atoms with Crippen LogP contribution >= 0.6 is 39.1 Å². The smallest absolute Gasteiger partial charge is 0.243 e. The normalized spacial score (nSPS) is 11.4. The molecule has 4 aromatic carbocycles. The first kappa shape index (κ1) is 28.1. The number of anilines is 1. The summed E-state index contributed by atoms with van der Waals surface area (Å²) in [6.45, 7) is -0.125. The first-order chi connectivity index (χ1) is 18.2. The molecule has 0 saturated carbocycles. The first-order valence-electron chi connectivity index (χ1n) is 11.5. The Labute approximate surface area is 240 Å². The van der Waals surface area contributed by atoms with Gasteiger partial charge < -0.3 is 10.1 Å². The molecular weight excluding hydrogens is 611 g/mol. The minimum Gasteiger partial charge on any atom is -0.489 e. The molecule has 4 aromatic rings. The third-order valence-electron chi connectivity index (χ3n) is 5.52. The quantitative estimate of drug-likeness (QED) is 0.201. The molecule has 0 radical (unpaired) electrons. The minimum absolute atomic E-state index is 0.0542. The molecule has 1 N–H and O–H groups in total. The van der Waals surface area contributed by atoms with Gasteiger partial charge in [-0.2, -0.15) is 4.31 Å². The Bertz CT molecular complexity index is 1500. The van der Waals surface area contributed by atoms with Crippen molar-refractivity contribution in [3.05, 3.63) is 123 Å². The van der Waals surface area contributed by atoms with E-state index in [-0.39, 0.29) is 11.4 Å². The van der Waals surface area contributed by atoms with Crippen LogP contribution in [0.15, 0.2) is 106 Å². The highest BCUT2D eigenvalue weighted by molar-refractivity contribution is 9.10. The van der Waals surface area contributed by atoms with E-state index in [0.717, 1.165) is 14.3 Å². The molecule has 0 aromatic heterocycles. The Kier molecular flexibility index (Phi) is 9.46. The number of hydrogen-bond acceptors (Lipinski definition) is 4. The number of carbonyl (C=O) groups excluding carboxylic acids is 1. The van der Waals surface area contributed by atoms with Crippen LogP contribution in [0.5, 0.6) is 5.75 Å². The summed E-state index contributed by atoms with van der Waals surface area (Å²) in [4.78, 5) is 13.0. The highest BCUT2D eigenvalue weighted by atomic mass is 79.9. The van der Waals surface area contributed by atoms with E-state index < -0.39 is 22.5 Å². The number of amides is 1. The van der Waals surface area contributed by atoms with Crippen LogP contribution < -0.4 is 10.1 Å². The summed E-state index contributed by atoms with van der Waals surface area (Å²) in [6, 6.07) is 27.6. The van der Waals surface area contributed by atoms with Crippen LogP contribution in [0.4, 0.5) is 5.69 Å². The molecule has 0 fully saturated rings. The van der Waals surface area contributed by atoms with Crippen molar-refractivity contribution in [2.45, 2.75) is 18.0 Å². The van der Waals surface area contributed by atoms with E-state index in [0.29, 0.717) is 33.7 Å². The highest BCUT2D eigenvalue weighted by Gasteiger charge is 2.27. The number of halogens is 3. The fraction of sp³-hybridized carbons (Fsp3) is 0.107. The van der Waals surface area contributed by atoms with Crippen molar-refractivity contribution in [3.63, 3.8) is 0 Å². The number of hydrogen-bond donors (Lipinski definition) is 1. The lowest BCUT2D eigenvalue weighted by molar-refractivity contribution is -0.116. The maximum atomic E-state index is 13.5. The lowest BCUT2D eigenvalue weighted by Crippen LogP contribution is -2.37. The molecule has 0 saturated heterocycles. The number of nitrogens with one attached hydrogen (secondary N) is 1. The van der Waals surface area contributed by atoms with Crippen molar-refractivity contribution >= 4 is 60.7 Å². The third kappa shape index (κ3) is 7.58. The van der Waals surface area contributed by atoms with Crippen LogP contribution in [0.25, 0.3) is 0 Å². The second-order valence-corrected chi connectivity index (χ2v) is 12.0. The van der Waals surface area contributed by atoms with Gasteiger partial charge in [-0.1, -0.05) is 75.5 Å². The molecule has 0 spiro atoms. The van der Waals surface area contributed by atoms with Gasteiger partial charge in [0.15, 0.2) is 0 Å². The van der Waals surface area contributed by atoms with Crippen molar-refractivity contribution in [2.75, 3.05) is 11.9 Å². The van der Waals surface area contributed by atoms with Gasteiger partial charge in [0.2, 0.25) is 15.9 Å². The molecule has 0 unspecified atom stereocenters. The summed E-state index contributed by atoms with van der Waals surface area (Å²) in [6.07, 6.45) is 0. The van der Waals surface area contributed by atoms with Crippen LogP contribution in [0, 0.1) is 0 Å². The van der Waals surface area contributed by atoms with Gasteiger partial charge in [-0.25, -0.2) is 8.42 Å². The van der Waals surface area contributed by atoms with Gasteiger partial charge in [0.1, 0.15) is 12.4 Å². The van der Waals surface area contributed by atoms with Crippen LogP contribution in [-0.2, 0) is 28.0 Å². The SMILES string of the molecule is O=C(CN(Cc1ccc(Cl)cc1Cl)S(=O)(=O)c1ccc(Br)cc1)Nc1ccc(OCc2ccccc2)cc1. The summed E-state index contributed by atoms with van der Waals surface area (Å²) in [7, 11) is -4.03. The van der Waals surface area contributed by atoms with Crippen molar-refractivity contribution in [3.8, 4) is 5.75 Å².